The topological polar surface area (TPSA) is 56.1 Å². The molecule has 0 bridgehead atoms. The predicted molar refractivity (Wildman–Crippen MR) is 103 cm³/mol. The van der Waals surface area contributed by atoms with E-state index < -0.39 is 0 Å². The molecule has 0 aliphatic carbocycles. The maximum Gasteiger partial charge on any atom is 0.187 e. The smallest absolute Gasteiger partial charge is 0.187 e. The maximum atomic E-state index is 9.48. The molecule has 1 fully saturated rings. The van der Waals surface area contributed by atoms with Crippen molar-refractivity contribution in [3.05, 3.63) is 64.8 Å². The van der Waals surface area contributed by atoms with Gasteiger partial charge >= 0.3 is 0 Å². The van der Waals surface area contributed by atoms with Gasteiger partial charge in [0.05, 0.1) is 11.2 Å². The van der Waals surface area contributed by atoms with Gasteiger partial charge in [0, 0.05) is 43.1 Å². The van der Waals surface area contributed by atoms with Crippen molar-refractivity contribution in [2.24, 2.45) is 0 Å². The van der Waals surface area contributed by atoms with Crippen LogP contribution in [-0.2, 0) is 6.54 Å². The zero-order valence-electron chi connectivity index (χ0n) is 14.3. The zero-order valence-corrected chi connectivity index (χ0v) is 15.0. The molecule has 26 heavy (non-hydrogen) atoms. The largest absolute Gasteiger partial charge is 0.366 e. The van der Waals surface area contributed by atoms with Gasteiger partial charge in [0.25, 0.3) is 0 Å². The Hall–Kier alpha value is -2.68. The lowest BCUT2D eigenvalue weighted by molar-refractivity contribution is 0.250. The number of nitrogens with zero attached hydrogens (tertiary/aromatic N) is 5. The van der Waals surface area contributed by atoms with Crippen LogP contribution in [0.2, 0.25) is 5.02 Å². The molecule has 0 unspecified atom stereocenters. The van der Waals surface area contributed by atoms with Gasteiger partial charge in [0.1, 0.15) is 6.07 Å². The van der Waals surface area contributed by atoms with Gasteiger partial charge in [-0.15, -0.1) is 10.2 Å². The third-order valence-corrected chi connectivity index (χ3v) is 5.01. The van der Waals surface area contributed by atoms with Gasteiger partial charge in [-0.05, 0) is 23.8 Å². The predicted octanol–water partition coefficient (Wildman–Crippen LogP) is 3.48. The van der Waals surface area contributed by atoms with Crippen LogP contribution in [-0.4, -0.2) is 41.3 Å². The number of fused-ring (bicyclic) bond motifs is 1. The summed E-state index contributed by atoms with van der Waals surface area (Å²) in [4.78, 5) is 4.68. The minimum Gasteiger partial charge on any atom is -0.366 e. The van der Waals surface area contributed by atoms with Crippen molar-refractivity contribution in [2.75, 3.05) is 31.1 Å². The Morgan fingerprint density at radius 1 is 0.962 bits per heavy atom. The molecule has 1 aromatic heterocycles. The van der Waals surface area contributed by atoms with Crippen LogP contribution in [0.15, 0.2) is 48.5 Å². The average Bonchev–Trinajstić information content (AvgIpc) is 2.69. The molecule has 130 valence electrons. The maximum absolute atomic E-state index is 9.48. The van der Waals surface area contributed by atoms with Crippen LogP contribution < -0.4 is 4.90 Å². The summed E-state index contributed by atoms with van der Waals surface area (Å²) in [5.74, 6) is 0. The van der Waals surface area contributed by atoms with E-state index in [-0.39, 0.29) is 0 Å². The van der Waals surface area contributed by atoms with E-state index in [4.69, 9.17) is 11.6 Å². The molecular formula is C20H18ClN5. The number of halogens is 1. The molecule has 0 saturated carbocycles. The SMILES string of the molecule is N#Cc1nnc2ccccc2c1N1CCN(Cc2ccc(Cl)cc2)CC1. The van der Waals surface area contributed by atoms with E-state index >= 15 is 0 Å². The highest BCUT2D eigenvalue weighted by Crippen LogP contribution is 2.28. The molecule has 1 aliphatic heterocycles. The average molecular weight is 364 g/mol. The van der Waals surface area contributed by atoms with Gasteiger partial charge < -0.3 is 4.90 Å². The lowest BCUT2D eigenvalue weighted by Gasteiger charge is -2.36. The van der Waals surface area contributed by atoms with Crippen molar-refractivity contribution in [1.82, 2.24) is 15.1 Å². The molecule has 1 saturated heterocycles. The quantitative estimate of drug-likeness (QED) is 0.713. The van der Waals surface area contributed by atoms with Crippen molar-refractivity contribution in [2.45, 2.75) is 6.54 Å². The fourth-order valence-corrected chi connectivity index (χ4v) is 3.54. The van der Waals surface area contributed by atoms with Crippen LogP contribution in [0.1, 0.15) is 11.3 Å². The van der Waals surface area contributed by atoms with E-state index in [1.54, 1.807) is 0 Å². The summed E-state index contributed by atoms with van der Waals surface area (Å²) in [5, 5.41) is 19.5. The molecule has 1 aliphatic rings. The summed E-state index contributed by atoms with van der Waals surface area (Å²) in [5.41, 5.74) is 3.39. The van der Waals surface area contributed by atoms with Crippen LogP contribution in [0, 0.1) is 11.3 Å². The van der Waals surface area contributed by atoms with E-state index in [9.17, 15) is 5.26 Å². The highest BCUT2D eigenvalue weighted by Gasteiger charge is 2.22. The normalized spacial score (nSPS) is 15.2. The number of hydrogen-bond acceptors (Lipinski definition) is 5. The van der Waals surface area contributed by atoms with Gasteiger partial charge in [-0.25, -0.2) is 0 Å². The highest BCUT2D eigenvalue weighted by molar-refractivity contribution is 6.30. The van der Waals surface area contributed by atoms with Crippen molar-refractivity contribution < 1.29 is 0 Å². The Morgan fingerprint density at radius 2 is 1.69 bits per heavy atom. The van der Waals surface area contributed by atoms with Crippen molar-refractivity contribution in [1.29, 1.82) is 5.26 Å². The zero-order chi connectivity index (χ0) is 17.9. The molecule has 2 heterocycles. The standard InChI is InChI=1S/C20H18ClN5/c21-16-7-5-15(6-8-16)14-25-9-11-26(12-10-25)20-17-3-1-2-4-18(17)23-24-19(20)13-22/h1-8H,9-12,14H2. The molecule has 3 aromatic rings. The van der Waals surface area contributed by atoms with E-state index in [0.717, 1.165) is 54.3 Å². The summed E-state index contributed by atoms with van der Waals surface area (Å²) in [6.45, 7) is 4.50. The van der Waals surface area contributed by atoms with Crippen LogP contribution >= 0.6 is 11.6 Å². The molecule has 5 nitrogen and oxygen atoms in total. The van der Waals surface area contributed by atoms with Crippen LogP contribution in [0.3, 0.4) is 0 Å². The Balaban J connectivity index is 1.52. The van der Waals surface area contributed by atoms with Crippen LogP contribution in [0.4, 0.5) is 5.69 Å². The minimum atomic E-state index is 0.398. The first-order valence-electron chi connectivity index (χ1n) is 8.62. The fourth-order valence-electron chi connectivity index (χ4n) is 3.41. The summed E-state index contributed by atoms with van der Waals surface area (Å²) in [7, 11) is 0. The molecule has 0 N–H and O–H groups in total. The second-order valence-electron chi connectivity index (χ2n) is 6.42. The number of piperazine rings is 1. The number of benzene rings is 2. The van der Waals surface area contributed by atoms with E-state index in [1.807, 2.05) is 36.4 Å². The summed E-state index contributed by atoms with van der Waals surface area (Å²) >= 11 is 5.96. The summed E-state index contributed by atoms with van der Waals surface area (Å²) in [6, 6.07) is 18.1. The molecule has 0 atom stereocenters. The number of nitriles is 1. The van der Waals surface area contributed by atoms with Gasteiger partial charge in [-0.3, -0.25) is 4.90 Å². The van der Waals surface area contributed by atoms with Crippen molar-refractivity contribution in [3.8, 4) is 6.07 Å². The van der Waals surface area contributed by atoms with Crippen LogP contribution in [0.5, 0.6) is 0 Å². The monoisotopic (exact) mass is 363 g/mol. The fraction of sp³-hybridized carbons (Fsp3) is 0.250. The first kappa shape index (κ1) is 16.8. The lowest BCUT2D eigenvalue weighted by Crippen LogP contribution is -2.46. The molecule has 0 spiro atoms. The molecule has 0 amide bonds. The van der Waals surface area contributed by atoms with Gasteiger partial charge in [0.2, 0.25) is 0 Å². The Labute approximate surface area is 157 Å². The first-order valence-corrected chi connectivity index (χ1v) is 8.99. The van der Waals surface area contributed by atoms with Gasteiger partial charge in [-0.2, -0.15) is 5.26 Å². The Bertz CT molecular complexity index is 956. The van der Waals surface area contributed by atoms with E-state index in [1.165, 1.54) is 5.56 Å². The van der Waals surface area contributed by atoms with Crippen molar-refractivity contribution >= 4 is 28.2 Å². The highest BCUT2D eigenvalue weighted by atomic mass is 35.5. The first-order chi connectivity index (χ1) is 12.7. The Kier molecular flexibility index (Phi) is 4.70. The van der Waals surface area contributed by atoms with Crippen molar-refractivity contribution in [3.63, 3.8) is 0 Å². The third kappa shape index (κ3) is 3.34. The molecular weight excluding hydrogens is 346 g/mol. The molecule has 2 aromatic carbocycles. The minimum absolute atomic E-state index is 0.398. The second kappa shape index (κ2) is 7.28. The number of hydrogen-bond donors (Lipinski definition) is 0. The Morgan fingerprint density at radius 3 is 2.42 bits per heavy atom. The second-order valence-corrected chi connectivity index (χ2v) is 6.85. The number of aromatic nitrogens is 2. The molecule has 0 radical (unpaired) electrons. The molecule has 4 rings (SSSR count). The number of anilines is 1. The van der Waals surface area contributed by atoms with E-state index in [0.29, 0.717) is 5.69 Å². The van der Waals surface area contributed by atoms with Crippen LogP contribution in [0.25, 0.3) is 10.9 Å². The van der Waals surface area contributed by atoms with Gasteiger partial charge in [0.15, 0.2) is 5.69 Å². The van der Waals surface area contributed by atoms with Gasteiger partial charge in [-0.1, -0.05) is 41.9 Å². The summed E-state index contributed by atoms with van der Waals surface area (Å²) < 4.78 is 0. The third-order valence-electron chi connectivity index (χ3n) is 4.76. The lowest BCUT2D eigenvalue weighted by atomic mass is 10.1. The summed E-state index contributed by atoms with van der Waals surface area (Å²) in [6.07, 6.45) is 0. The number of rotatable bonds is 3. The molecule has 6 heteroatoms. The van der Waals surface area contributed by atoms with E-state index in [2.05, 4.69) is 38.2 Å².